The van der Waals surface area contributed by atoms with Crippen molar-refractivity contribution in [2.24, 2.45) is 0 Å². The fourth-order valence-electron chi connectivity index (χ4n) is 3.98. The van der Waals surface area contributed by atoms with Crippen molar-refractivity contribution in [3.05, 3.63) is 0 Å². The van der Waals surface area contributed by atoms with Crippen molar-refractivity contribution in [2.45, 2.75) is 154 Å². The Hall–Kier alpha value is 0.870. The van der Waals surface area contributed by atoms with Gasteiger partial charge in [0.15, 0.2) is 4.93 Å². The fourth-order valence-corrected chi connectivity index (χ4v) is 4.76. The van der Waals surface area contributed by atoms with Crippen molar-refractivity contribution in [3.63, 3.8) is 0 Å². The Morgan fingerprint density at radius 3 is 1.03 bits per heavy atom. The van der Waals surface area contributed by atoms with E-state index in [1.54, 1.807) is 0 Å². The zero-order valence-corrected chi connectivity index (χ0v) is 23.2. The van der Waals surface area contributed by atoms with Crippen LogP contribution in [0.25, 0.3) is 0 Å². The molecule has 0 saturated carbocycles. The van der Waals surface area contributed by atoms with Crippen LogP contribution in [0.1, 0.15) is 149 Å². The Labute approximate surface area is 210 Å². The molecule has 0 aromatic rings. The van der Waals surface area contributed by atoms with Gasteiger partial charge in [0.25, 0.3) is 0 Å². The fraction of sp³-hybridized carbons (Fsp3) is 1.00. The molecule has 0 bridgehead atoms. The van der Waals surface area contributed by atoms with Gasteiger partial charge in [0.05, 0.1) is 0 Å². The van der Waals surface area contributed by atoms with Crippen molar-refractivity contribution in [1.29, 1.82) is 0 Å². The van der Waals surface area contributed by atoms with Crippen LogP contribution >= 0.6 is 0 Å². The minimum Gasteiger partial charge on any atom is -0.746 e. The molecule has 0 spiro atoms. The molecule has 0 fully saturated rings. The van der Waals surface area contributed by atoms with E-state index in [-0.39, 0.29) is 42.4 Å². The molecule has 1 atom stereocenters. The molecule has 1 N–H and O–H groups in total. The van der Waals surface area contributed by atoms with Crippen molar-refractivity contribution in [3.8, 4) is 0 Å². The number of aliphatic hydroxyl groups is 1. The molecular weight excluding hydrogens is 407 g/mol. The van der Waals surface area contributed by atoms with E-state index in [0.717, 1.165) is 44.9 Å². The number of unbranched alkanes of at least 4 members (excludes halogenated alkanes) is 17. The molecule has 0 saturated heterocycles. The Kier molecular flexibility index (Phi) is 23.9. The molecule has 6 heteroatoms. The molecule has 0 aliphatic rings. The van der Waals surface area contributed by atoms with Crippen LogP contribution in [0.3, 0.4) is 0 Å². The summed E-state index contributed by atoms with van der Waals surface area (Å²) in [6, 6.07) is 0. The summed E-state index contributed by atoms with van der Waals surface area (Å²) in [6.07, 6.45) is 21.9. The second-order valence-electron chi connectivity index (χ2n) is 8.91. The van der Waals surface area contributed by atoms with Crippen molar-refractivity contribution >= 4 is 10.1 Å². The van der Waals surface area contributed by atoms with E-state index >= 15 is 0 Å². The van der Waals surface area contributed by atoms with Gasteiger partial charge in [-0.05, 0) is 25.7 Å². The minimum absolute atomic E-state index is 0. The van der Waals surface area contributed by atoms with Gasteiger partial charge in [-0.15, -0.1) is 0 Å². The van der Waals surface area contributed by atoms with Gasteiger partial charge >= 0.3 is 29.6 Å². The van der Waals surface area contributed by atoms with E-state index in [0.29, 0.717) is 12.8 Å². The molecule has 0 aliphatic carbocycles. The first-order valence-corrected chi connectivity index (χ1v) is 14.0. The Morgan fingerprint density at radius 1 is 0.567 bits per heavy atom. The van der Waals surface area contributed by atoms with Gasteiger partial charge in [-0.3, -0.25) is 0 Å². The van der Waals surface area contributed by atoms with Crippen LogP contribution in [0.5, 0.6) is 0 Å². The van der Waals surface area contributed by atoms with E-state index in [2.05, 4.69) is 13.8 Å². The van der Waals surface area contributed by atoms with Gasteiger partial charge < -0.3 is 9.66 Å². The van der Waals surface area contributed by atoms with Crippen LogP contribution in [0.15, 0.2) is 0 Å². The second-order valence-corrected chi connectivity index (χ2v) is 10.6. The summed E-state index contributed by atoms with van der Waals surface area (Å²) in [5.74, 6) is 0. The summed E-state index contributed by atoms with van der Waals surface area (Å²) in [5.41, 5.74) is 0. The number of rotatable bonds is 22. The van der Waals surface area contributed by atoms with E-state index in [9.17, 15) is 18.1 Å². The average molecular weight is 457 g/mol. The first kappa shape index (κ1) is 33.0. The third kappa shape index (κ3) is 18.4. The van der Waals surface area contributed by atoms with E-state index in [4.69, 9.17) is 0 Å². The summed E-state index contributed by atoms with van der Waals surface area (Å²) in [5, 5.41) is 10.4. The zero-order valence-electron chi connectivity index (χ0n) is 20.4. The monoisotopic (exact) mass is 456 g/mol. The molecule has 0 rings (SSSR count). The van der Waals surface area contributed by atoms with Crippen molar-refractivity contribution < 1.29 is 47.6 Å². The average Bonchev–Trinajstić information content (AvgIpc) is 2.67. The molecule has 30 heavy (non-hydrogen) atoms. The first-order valence-electron chi connectivity index (χ1n) is 12.5. The van der Waals surface area contributed by atoms with Gasteiger partial charge in [-0.25, -0.2) is 8.42 Å². The predicted molar refractivity (Wildman–Crippen MR) is 123 cm³/mol. The number of hydrogen-bond acceptors (Lipinski definition) is 4. The molecule has 0 heterocycles. The Balaban J connectivity index is 0. The van der Waals surface area contributed by atoms with Gasteiger partial charge in [0.1, 0.15) is 10.1 Å². The Morgan fingerprint density at radius 2 is 0.800 bits per heavy atom. The van der Waals surface area contributed by atoms with E-state index in [1.807, 2.05) is 0 Å². The molecule has 1 unspecified atom stereocenters. The van der Waals surface area contributed by atoms with Crippen molar-refractivity contribution in [2.75, 3.05) is 0 Å². The smallest absolute Gasteiger partial charge is 0.746 e. The Bertz CT molecular complexity index is 456. The molecule has 0 aromatic carbocycles. The standard InChI is InChI=1S/C24H50O4S.Na/c1-3-5-7-9-11-12-13-14-15-16-17-19-21-23-24(25,29(26,27)28)22-20-18-10-8-6-4-2;/h25H,3-23H2,1-2H3,(H,26,27,28);/q;+1/p-1. The summed E-state index contributed by atoms with van der Waals surface area (Å²) in [7, 11) is -4.67. The molecule has 176 valence electrons. The molecular formula is C24H49NaO4S. The van der Waals surface area contributed by atoms with Gasteiger partial charge in [0.2, 0.25) is 0 Å². The zero-order chi connectivity index (χ0) is 21.8. The van der Waals surface area contributed by atoms with Gasteiger partial charge in [-0.1, -0.05) is 123 Å². The van der Waals surface area contributed by atoms with Gasteiger partial charge in [0, 0.05) is 0 Å². The largest absolute Gasteiger partial charge is 1.00 e. The van der Waals surface area contributed by atoms with E-state index in [1.165, 1.54) is 64.2 Å². The van der Waals surface area contributed by atoms with Crippen LogP contribution in [0.2, 0.25) is 0 Å². The van der Waals surface area contributed by atoms with Crippen LogP contribution in [-0.4, -0.2) is 23.0 Å². The van der Waals surface area contributed by atoms with Crippen LogP contribution in [0, 0.1) is 0 Å². The normalized spacial score (nSPS) is 13.7. The minimum atomic E-state index is -4.67. The summed E-state index contributed by atoms with van der Waals surface area (Å²) in [4.78, 5) is -2.06. The second kappa shape index (κ2) is 21.7. The van der Waals surface area contributed by atoms with E-state index < -0.39 is 15.1 Å². The summed E-state index contributed by atoms with van der Waals surface area (Å²) in [6.45, 7) is 4.40. The van der Waals surface area contributed by atoms with Crippen LogP contribution in [0.4, 0.5) is 0 Å². The molecule has 4 nitrogen and oxygen atoms in total. The third-order valence-corrected chi connectivity index (χ3v) is 7.40. The summed E-state index contributed by atoms with van der Waals surface area (Å²) >= 11 is 0. The topological polar surface area (TPSA) is 77.4 Å². The summed E-state index contributed by atoms with van der Waals surface area (Å²) < 4.78 is 34.7. The molecule has 0 amide bonds. The quantitative estimate of drug-likeness (QED) is 0.148. The molecule has 0 aromatic heterocycles. The maximum atomic E-state index is 11.6. The molecule has 0 aliphatic heterocycles. The maximum Gasteiger partial charge on any atom is 1.00 e. The molecule has 0 radical (unpaired) electrons. The SMILES string of the molecule is CCCCCCCCCCCCCCCC(O)(CCCCCCCC)S(=O)(=O)[O-].[Na+]. The third-order valence-electron chi connectivity index (χ3n) is 6.06. The van der Waals surface area contributed by atoms with Crippen LogP contribution in [-0.2, 0) is 10.1 Å². The number of hydrogen-bond donors (Lipinski definition) is 1. The maximum absolute atomic E-state index is 11.6. The first-order chi connectivity index (χ1) is 13.9. The van der Waals surface area contributed by atoms with Crippen LogP contribution < -0.4 is 29.6 Å². The van der Waals surface area contributed by atoms with Gasteiger partial charge in [-0.2, -0.15) is 0 Å². The van der Waals surface area contributed by atoms with Crippen molar-refractivity contribution in [1.82, 2.24) is 0 Å². The predicted octanol–water partition coefficient (Wildman–Crippen LogP) is 4.46.